The fourth-order valence-corrected chi connectivity index (χ4v) is 3.92. The highest BCUT2D eigenvalue weighted by Gasteiger charge is 2.18. The Balaban J connectivity index is 1.93. The Morgan fingerprint density at radius 3 is 2.71 bits per heavy atom. The minimum absolute atomic E-state index is 0.257. The molecule has 0 spiro atoms. The highest BCUT2D eigenvalue weighted by Crippen LogP contribution is 2.31. The topological polar surface area (TPSA) is 106 Å². The number of nitrogens with two attached hydrogens (primary N) is 1. The maximum absolute atomic E-state index is 10.5. The van der Waals surface area contributed by atoms with Crippen molar-refractivity contribution in [1.29, 1.82) is 0 Å². The van der Waals surface area contributed by atoms with E-state index in [1.165, 1.54) is 0 Å². The van der Waals surface area contributed by atoms with Crippen LogP contribution in [0.2, 0.25) is 0 Å². The molecule has 2 aromatic heterocycles. The van der Waals surface area contributed by atoms with Gasteiger partial charge in [0, 0.05) is 18.4 Å². The quantitative estimate of drug-likeness (QED) is 0.343. The van der Waals surface area contributed by atoms with E-state index in [1.807, 2.05) is 37.3 Å². The number of phenolic OH excluding ortho intramolecular Hbond substituents is 1. The zero-order valence-corrected chi connectivity index (χ0v) is 17.7. The number of aromatic hydroxyl groups is 1. The predicted molar refractivity (Wildman–Crippen MR) is 122 cm³/mol. The van der Waals surface area contributed by atoms with E-state index in [0.29, 0.717) is 17.9 Å². The average molecular weight is 415 g/mol. The van der Waals surface area contributed by atoms with E-state index in [9.17, 15) is 9.90 Å². The standard InChI is InChI=1S/C24H25N5O2/c1-3-4-5-21-28-22-23(29(21)13-17-7-9-20(31)15(2)10-17)18-8-6-16(12-26-14-30)11-19(18)27-24(22)25/h6-11,31H,3-5,12-13H2,1-2H3,(H2,25,27). The zero-order valence-electron chi connectivity index (χ0n) is 17.7. The first-order chi connectivity index (χ1) is 15.0. The van der Waals surface area contributed by atoms with Gasteiger partial charge >= 0.3 is 0 Å². The number of fused-ring (bicyclic) bond motifs is 3. The fraction of sp³-hybridized carbons (Fsp3) is 0.292. The molecule has 0 saturated carbocycles. The van der Waals surface area contributed by atoms with Crippen LogP contribution >= 0.6 is 0 Å². The molecule has 4 rings (SSSR count). The number of phenols is 1. The molecule has 2 heterocycles. The maximum Gasteiger partial charge on any atom is 0.235 e. The van der Waals surface area contributed by atoms with E-state index in [1.54, 1.807) is 12.1 Å². The number of rotatable bonds is 7. The van der Waals surface area contributed by atoms with Gasteiger partial charge in [-0.05, 0) is 42.2 Å². The van der Waals surface area contributed by atoms with E-state index < -0.39 is 0 Å². The monoisotopic (exact) mass is 415 g/mol. The molecule has 0 aliphatic rings. The SMILES string of the molecule is CCCCc1nc2c(N)nc3cc(CN=C=O)ccc3c2n1Cc1ccc(O)c(C)c1. The number of benzene rings is 2. The van der Waals surface area contributed by atoms with Crippen LogP contribution in [0.25, 0.3) is 21.9 Å². The number of hydrogen-bond donors (Lipinski definition) is 2. The number of hydrogen-bond acceptors (Lipinski definition) is 6. The summed E-state index contributed by atoms with van der Waals surface area (Å²) in [6, 6.07) is 11.5. The largest absolute Gasteiger partial charge is 0.508 e. The molecule has 7 nitrogen and oxygen atoms in total. The van der Waals surface area contributed by atoms with E-state index in [-0.39, 0.29) is 12.3 Å². The number of nitrogen functional groups attached to an aromatic ring is 1. The molecule has 0 aliphatic heterocycles. The number of pyridine rings is 1. The molecule has 4 aromatic rings. The summed E-state index contributed by atoms with van der Waals surface area (Å²) in [5.41, 5.74) is 11.5. The van der Waals surface area contributed by atoms with Gasteiger partial charge in [0.1, 0.15) is 17.1 Å². The van der Waals surface area contributed by atoms with Crippen molar-refractivity contribution in [3.8, 4) is 5.75 Å². The molecular formula is C24H25N5O2. The minimum Gasteiger partial charge on any atom is -0.508 e. The first-order valence-corrected chi connectivity index (χ1v) is 10.4. The van der Waals surface area contributed by atoms with Crippen molar-refractivity contribution in [2.24, 2.45) is 4.99 Å². The summed E-state index contributed by atoms with van der Waals surface area (Å²) in [7, 11) is 0. The third-order valence-electron chi connectivity index (χ3n) is 5.53. The summed E-state index contributed by atoms with van der Waals surface area (Å²) in [5, 5.41) is 10.9. The highest BCUT2D eigenvalue weighted by atomic mass is 16.3. The van der Waals surface area contributed by atoms with Gasteiger partial charge in [0.2, 0.25) is 6.08 Å². The van der Waals surface area contributed by atoms with Crippen molar-refractivity contribution < 1.29 is 9.90 Å². The number of isocyanates is 1. The van der Waals surface area contributed by atoms with Gasteiger partial charge in [-0.2, -0.15) is 0 Å². The summed E-state index contributed by atoms with van der Waals surface area (Å²) in [6.07, 6.45) is 4.50. The lowest BCUT2D eigenvalue weighted by molar-refractivity contribution is 0.470. The van der Waals surface area contributed by atoms with Gasteiger partial charge in [0.05, 0.1) is 17.6 Å². The molecular weight excluding hydrogens is 390 g/mol. The number of carbonyl (C=O) groups excluding carboxylic acids is 1. The maximum atomic E-state index is 10.5. The first kappa shape index (κ1) is 20.6. The van der Waals surface area contributed by atoms with E-state index in [4.69, 9.17) is 10.7 Å². The van der Waals surface area contributed by atoms with Gasteiger partial charge in [0.15, 0.2) is 5.82 Å². The second-order valence-corrected chi connectivity index (χ2v) is 7.79. The molecule has 0 fully saturated rings. The van der Waals surface area contributed by atoms with Gasteiger partial charge in [-0.15, -0.1) is 0 Å². The van der Waals surface area contributed by atoms with Crippen molar-refractivity contribution in [2.75, 3.05) is 5.73 Å². The van der Waals surface area contributed by atoms with E-state index >= 15 is 0 Å². The lowest BCUT2D eigenvalue weighted by Gasteiger charge is -2.12. The lowest BCUT2D eigenvalue weighted by Crippen LogP contribution is -2.06. The van der Waals surface area contributed by atoms with Crippen LogP contribution in [0, 0.1) is 6.92 Å². The Hall–Kier alpha value is -3.70. The Kier molecular flexibility index (Phi) is 5.69. The van der Waals surface area contributed by atoms with Crippen molar-refractivity contribution in [2.45, 2.75) is 46.2 Å². The molecule has 31 heavy (non-hydrogen) atoms. The number of nitrogens with zero attached hydrogens (tertiary/aromatic N) is 4. The Labute approximate surface area is 180 Å². The third kappa shape index (κ3) is 4.00. The normalized spacial score (nSPS) is 11.2. The van der Waals surface area contributed by atoms with Crippen molar-refractivity contribution in [3.05, 3.63) is 58.9 Å². The Morgan fingerprint density at radius 2 is 1.97 bits per heavy atom. The molecule has 0 unspecified atom stereocenters. The number of aromatic nitrogens is 3. The fourth-order valence-electron chi connectivity index (χ4n) is 3.92. The molecule has 0 amide bonds. The molecule has 0 bridgehead atoms. The summed E-state index contributed by atoms with van der Waals surface area (Å²) < 4.78 is 2.21. The summed E-state index contributed by atoms with van der Waals surface area (Å²) >= 11 is 0. The van der Waals surface area contributed by atoms with E-state index in [2.05, 4.69) is 21.5 Å². The number of imidazole rings is 1. The van der Waals surface area contributed by atoms with Gasteiger partial charge < -0.3 is 15.4 Å². The Morgan fingerprint density at radius 1 is 1.16 bits per heavy atom. The molecule has 0 radical (unpaired) electrons. The number of anilines is 1. The molecule has 0 atom stereocenters. The number of aliphatic imine (C=N–C) groups is 1. The number of unbranched alkanes of at least 4 members (excludes halogenated alkanes) is 1. The van der Waals surface area contributed by atoms with Crippen LogP contribution in [-0.2, 0) is 24.3 Å². The van der Waals surface area contributed by atoms with Crippen LogP contribution in [0.1, 0.15) is 42.3 Å². The average Bonchev–Trinajstić information content (AvgIpc) is 3.12. The lowest BCUT2D eigenvalue weighted by atomic mass is 10.1. The van der Waals surface area contributed by atoms with Crippen molar-refractivity contribution in [1.82, 2.24) is 14.5 Å². The zero-order chi connectivity index (χ0) is 22.0. The summed E-state index contributed by atoms with van der Waals surface area (Å²) in [4.78, 5) is 23.6. The van der Waals surface area contributed by atoms with Gasteiger partial charge in [-0.1, -0.05) is 37.6 Å². The van der Waals surface area contributed by atoms with Crippen LogP contribution in [-0.4, -0.2) is 25.7 Å². The van der Waals surface area contributed by atoms with Gasteiger partial charge in [-0.25, -0.2) is 19.8 Å². The summed E-state index contributed by atoms with van der Waals surface area (Å²) in [6.45, 7) is 4.92. The van der Waals surface area contributed by atoms with Gasteiger partial charge in [0.25, 0.3) is 0 Å². The minimum atomic E-state index is 0.257. The molecule has 7 heteroatoms. The van der Waals surface area contributed by atoms with Crippen LogP contribution in [0.15, 0.2) is 41.4 Å². The second-order valence-electron chi connectivity index (χ2n) is 7.79. The van der Waals surface area contributed by atoms with Crippen LogP contribution in [0.4, 0.5) is 5.82 Å². The van der Waals surface area contributed by atoms with E-state index in [0.717, 1.165) is 58.2 Å². The molecule has 0 aliphatic carbocycles. The number of aryl methyl sites for hydroxylation is 2. The van der Waals surface area contributed by atoms with Gasteiger partial charge in [-0.3, -0.25) is 0 Å². The van der Waals surface area contributed by atoms with Crippen LogP contribution in [0.5, 0.6) is 5.75 Å². The molecule has 0 saturated heterocycles. The van der Waals surface area contributed by atoms with Crippen LogP contribution in [0.3, 0.4) is 0 Å². The van der Waals surface area contributed by atoms with Crippen LogP contribution < -0.4 is 5.73 Å². The van der Waals surface area contributed by atoms with Crippen molar-refractivity contribution in [3.63, 3.8) is 0 Å². The van der Waals surface area contributed by atoms with Crippen molar-refractivity contribution >= 4 is 33.8 Å². The molecule has 2 aromatic carbocycles. The third-order valence-corrected chi connectivity index (χ3v) is 5.53. The highest BCUT2D eigenvalue weighted by molar-refractivity contribution is 6.06. The predicted octanol–water partition coefficient (Wildman–Crippen LogP) is 4.41. The Bertz CT molecular complexity index is 1320. The molecule has 3 N–H and O–H groups in total. The first-order valence-electron chi connectivity index (χ1n) is 10.4. The summed E-state index contributed by atoms with van der Waals surface area (Å²) in [5.74, 6) is 1.64. The molecule has 158 valence electrons. The smallest absolute Gasteiger partial charge is 0.235 e. The second kappa shape index (κ2) is 8.58.